The summed E-state index contributed by atoms with van der Waals surface area (Å²) in [4.78, 5) is 13.3. The Kier molecular flexibility index (Phi) is 7.09. The lowest BCUT2D eigenvalue weighted by Gasteiger charge is -2.17. The number of nitrogens with zero attached hydrogens (tertiary/aromatic N) is 1. The summed E-state index contributed by atoms with van der Waals surface area (Å²) < 4.78 is 10.7. The summed E-state index contributed by atoms with van der Waals surface area (Å²) in [5.41, 5.74) is 2.34. The predicted molar refractivity (Wildman–Crippen MR) is 80.2 cm³/mol. The van der Waals surface area contributed by atoms with Gasteiger partial charge in [-0.3, -0.25) is 4.79 Å². The van der Waals surface area contributed by atoms with Gasteiger partial charge in [0.15, 0.2) is 0 Å². The summed E-state index contributed by atoms with van der Waals surface area (Å²) in [5, 5.41) is 0. The minimum absolute atomic E-state index is 0.144. The third-order valence-corrected chi connectivity index (χ3v) is 3.08. The second kappa shape index (κ2) is 8.59. The first kappa shape index (κ1) is 16.5. The molecule has 4 heteroatoms. The maximum absolute atomic E-state index is 11.2. The summed E-state index contributed by atoms with van der Waals surface area (Å²) in [5.74, 6) is 0.790. The van der Waals surface area contributed by atoms with Gasteiger partial charge in [0.05, 0.1) is 13.0 Å². The van der Waals surface area contributed by atoms with Crippen molar-refractivity contribution in [2.75, 3.05) is 33.4 Å². The molecule has 0 aliphatic carbocycles. The quantitative estimate of drug-likeness (QED) is 0.686. The minimum atomic E-state index is -0.144. The van der Waals surface area contributed by atoms with Crippen molar-refractivity contribution < 1.29 is 14.3 Å². The molecular formula is C16H25NO3. The molecular weight excluding hydrogens is 254 g/mol. The molecule has 112 valence electrons. The molecule has 0 saturated carbocycles. The van der Waals surface area contributed by atoms with Gasteiger partial charge in [0.1, 0.15) is 12.4 Å². The molecule has 0 aliphatic heterocycles. The Morgan fingerprint density at radius 2 is 2.00 bits per heavy atom. The second-order valence-corrected chi connectivity index (χ2v) is 4.98. The number of carbonyl (C=O) groups excluding carboxylic acids is 1. The van der Waals surface area contributed by atoms with Crippen LogP contribution < -0.4 is 4.74 Å². The van der Waals surface area contributed by atoms with Crippen molar-refractivity contribution in [1.82, 2.24) is 4.90 Å². The number of hydrogen-bond acceptors (Lipinski definition) is 4. The summed E-state index contributed by atoms with van der Waals surface area (Å²) in [6, 6.07) is 6.19. The summed E-state index contributed by atoms with van der Waals surface area (Å²) in [7, 11) is 1.98. The van der Waals surface area contributed by atoms with E-state index in [0.717, 1.165) is 17.9 Å². The number of esters is 1. The molecule has 0 fully saturated rings. The van der Waals surface area contributed by atoms with E-state index in [9.17, 15) is 4.79 Å². The van der Waals surface area contributed by atoms with E-state index in [1.807, 2.05) is 27.0 Å². The van der Waals surface area contributed by atoms with E-state index in [0.29, 0.717) is 26.2 Å². The lowest BCUT2D eigenvalue weighted by atomic mass is 10.1. The number of rotatable bonds is 8. The average molecular weight is 279 g/mol. The Balaban J connectivity index is 2.26. The summed E-state index contributed by atoms with van der Waals surface area (Å²) >= 11 is 0. The number of hydrogen-bond donors (Lipinski definition) is 0. The lowest BCUT2D eigenvalue weighted by molar-refractivity contribution is -0.143. The highest BCUT2D eigenvalue weighted by molar-refractivity contribution is 5.69. The molecule has 1 rings (SSSR count). The van der Waals surface area contributed by atoms with E-state index < -0.39 is 0 Å². The van der Waals surface area contributed by atoms with E-state index in [1.165, 1.54) is 5.56 Å². The Morgan fingerprint density at radius 3 is 2.70 bits per heavy atom. The van der Waals surface area contributed by atoms with Crippen LogP contribution >= 0.6 is 0 Å². The lowest BCUT2D eigenvalue weighted by Crippen LogP contribution is -2.27. The molecule has 0 aromatic heterocycles. The highest BCUT2D eigenvalue weighted by Gasteiger charge is 2.06. The van der Waals surface area contributed by atoms with Crippen molar-refractivity contribution in [2.24, 2.45) is 0 Å². The number of carbonyl (C=O) groups is 1. The van der Waals surface area contributed by atoms with Crippen LogP contribution in [0.1, 0.15) is 24.5 Å². The van der Waals surface area contributed by atoms with Crippen molar-refractivity contribution in [3.05, 3.63) is 29.3 Å². The highest BCUT2D eigenvalue weighted by Crippen LogP contribution is 2.18. The number of benzene rings is 1. The van der Waals surface area contributed by atoms with Crippen molar-refractivity contribution in [1.29, 1.82) is 0 Å². The molecule has 0 bridgehead atoms. The van der Waals surface area contributed by atoms with E-state index in [-0.39, 0.29) is 5.97 Å². The fourth-order valence-electron chi connectivity index (χ4n) is 1.80. The molecule has 0 amide bonds. The topological polar surface area (TPSA) is 38.8 Å². The zero-order valence-electron chi connectivity index (χ0n) is 12.9. The van der Waals surface area contributed by atoms with Gasteiger partial charge in [-0.15, -0.1) is 0 Å². The molecule has 20 heavy (non-hydrogen) atoms. The van der Waals surface area contributed by atoms with Gasteiger partial charge in [0, 0.05) is 13.1 Å². The van der Waals surface area contributed by atoms with E-state index >= 15 is 0 Å². The first-order chi connectivity index (χ1) is 9.52. The Labute approximate surface area is 121 Å². The van der Waals surface area contributed by atoms with Crippen molar-refractivity contribution in [3.8, 4) is 5.75 Å². The molecule has 0 radical (unpaired) electrons. The largest absolute Gasteiger partial charge is 0.492 e. The van der Waals surface area contributed by atoms with Crippen LogP contribution in [-0.2, 0) is 9.53 Å². The van der Waals surface area contributed by atoms with Crippen LogP contribution in [0.25, 0.3) is 0 Å². The molecule has 0 spiro atoms. The van der Waals surface area contributed by atoms with Gasteiger partial charge in [0.2, 0.25) is 0 Å². The third kappa shape index (κ3) is 6.06. The monoisotopic (exact) mass is 279 g/mol. The van der Waals surface area contributed by atoms with Crippen LogP contribution in [0.2, 0.25) is 0 Å². The standard InChI is InChI=1S/C16H25NO3/c1-5-19-16(18)8-9-17(4)10-11-20-15-12-13(2)6-7-14(15)3/h6-7,12H,5,8-11H2,1-4H3. The Hall–Kier alpha value is -1.55. The SMILES string of the molecule is CCOC(=O)CCN(C)CCOc1cc(C)ccc1C. The first-order valence-corrected chi connectivity index (χ1v) is 7.07. The average Bonchev–Trinajstić information content (AvgIpc) is 2.41. The van der Waals surface area contributed by atoms with Crippen LogP contribution in [0.3, 0.4) is 0 Å². The zero-order valence-corrected chi connectivity index (χ0v) is 12.9. The van der Waals surface area contributed by atoms with Crippen molar-refractivity contribution >= 4 is 5.97 Å². The van der Waals surface area contributed by atoms with Gasteiger partial charge in [0.25, 0.3) is 0 Å². The van der Waals surface area contributed by atoms with Crippen LogP contribution in [0.15, 0.2) is 18.2 Å². The molecule has 1 aromatic rings. The number of ether oxygens (including phenoxy) is 2. The van der Waals surface area contributed by atoms with Gasteiger partial charge >= 0.3 is 5.97 Å². The Morgan fingerprint density at radius 1 is 1.25 bits per heavy atom. The third-order valence-electron chi connectivity index (χ3n) is 3.08. The summed E-state index contributed by atoms with van der Waals surface area (Å²) in [6.45, 7) is 8.44. The van der Waals surface area contributed by atoms with Gasteiger partial charge in [-0.1, -0.05) is 12.1 Å². The fourth-order valence-corrected chi connectivity index (χ4v) is 1.80. The Bertz CT molecular complexity index is 432. The molecule has 1 aromatic carbocycles. The van der Waals surface area contributed by atoms with E-state index in [2.05, 4.69) is 24.0 Å². The van der Waals surface area contributed by atoms with Crippen LogP contribution in [0.5, 0.6) is 5.75 Å². The maximum Gasteiger partial charge on any atom is 0.307 e. The molecule has 0 saturated heterocycles. The number of likely N-dealkylation sites (N-methyl/N-ethyl adjacent to an activating group) is 1. The minimum Gasteiger partial charge on any atom is -0.492 e. The van der Waals surface area contributed by atoms with Gasteiger partial charge in [-0.05, 0) is 45.0 Å². The molecule has 4 nitrogen and oxygen atoms in total. The van der Waals surface area contributed by atoms with Gasteiger partial charge < -0.3 is 14.4 Å². The van der Waals surface area contributed by atoms with Gasteiger partial charge in [-0.25, -0.2) is 0 Å². The predicted octanol–water partition coefficient (Wildman–Crippen LogP) is 2.57. The van der Waals surface area contributed by atoms with Crippen LogP contribution in [0.4, 0.5) is 0 Å². The molecule has 0 unspecified atom stereocenters. The van der Waals surface area contributed by atoms with Crippen LogP contribution in [-0.4, -0.2) is 44.2 Å². The zero-order chi connectivity index (χ0) is 15.0. The van der Waals surface area contributed by atoms with Crippen molar-refractivity contribution in [3.63, 3.8) is 0 Å². The van der Waals surface area contributed by atoms with Crippen molar-refractivity contribution in [2.45, 2.75) is 27.2 Å². The highest BCUT2D eigenvalue weighted by atomic mass is 16.5. The molecule has 0 heterocycles. The maximum atomic E-state index is 11.2. The molecule has 0 atom stereocenters. The molecule has 0 N–H and O–H groups in total. The number of aryl methyl sites for hydroxylation is 2. The normalized spacial score (nSPS) is 10.7. The summed E-state index contributed by atoms with van der Waals surface area (Å²) in [6.07, 6.45) is 0.424. The van der Waals surface area contributed by atoms with Crippen LogP contribution in [0, 0.1) is 13.8 Å². The van der Waals surface area contributed by atoms with E-state index in [4.69, 9.17) is 9.47 Å². The smallest absolute Gasteiger partial charge is 0.307 e. The van der Waals surface area contributed by atoms with Gasteiger partial charge in [-0.2, -0.15) is 0 Å². The van der Waals surface area contributed by atoms with E-state index in [1.54, 1.807) is 0 Å². The molecule has 0 aliphatic rings. The first-order valence-electron chi connectivity index (χ1n) is 7.07. The second-order valence-electron chi connectivity index (χ2n) is 4.98. The fraction of sp³-hybridized carbons (Fsp3) is 0.562.